The second-order valence-corrected chi connectivity index (χ2v) is 7.09. The summed E-state index contributed by atoms with van der Waals surface area (Å²) in [6.45, 7) is 1.14. The van der Waals surface area contributed by atoms with Crippen molar-refractivity contribution in [2.24, 2.45) is 13.0 Å². The van der Waals surface area contributed by atoms with Crippen LogP contribution in [0.2, 0.25) is 0 Å². The number of aliphatic carboxylic acids is 1. The van der Waals surface area contributed by atoms with Gasteiger partial charge in [-0.3, -0.25) is 14.3 Å². The van der Waals surface area contributed by atoms with Gasteiger partial charge in [-0.2, -0.15) is 5.10 Å². The van der Waals surface area contributed by atoms with Crippen LogP contribution in [0.25, 0.3) is 0 Å². The molecule has 1 aliphatic carbocycles. The van der Waals surface area contributed by atoms with Crippen LogP contribution in [-0.4, -0.2) is 50.9 Å². The zero-order valence-corrected chi connectivity index (χ0v) is 14.8. The van der Waals surface area contributed by atoms with Gasteiger partial charge in [-0.25, -0.2) is 0 Å². The number of rotatable bonds is 7. The van der Waals surface area contributed by atoms with E-state index in [1.807, 2.05) is 0 Å². The van der Waals surface area contributed by atoms with Crippen LogP contribution >= 0.6 is 0 Å². The fourth-order valence-corrected chi connectivity index (χ4v) is 4.02. The van der Waals surface area contributed by atoms with Crippen molar-refractivity contribution < 1.29 is 19.4 Å². The second-order valence-electron chi connectivity index (χ2n) is 7.09. The van der Waals surface area contributed by atoms with Gasteiger partial charge in [0.1, 0.15) is 0 Å². The van der Waals surface area contributed by atoms with Crippen molar-refractivity contribution >= 4 is 11.9 Å². The first kappa shape index (κ1) is 17.9. The van der Waals surface area contributed by atoms with Gasteiger partial charge in [-0.05, 0) is 25.7 Å². The Labute approximate surface area is 147 Å². The lowest BCUT2D eigenvalue weighted by molar-refractivity contribution is -0.152. The number of nitrogens with zero attached hydrogens (tertiary/aromatic N) is 3. The minimum absolute atomic E-state index is 0.0206. The molecular weight excluding hydrogens is 322 g/mol. The molecule has 138 valence electrons. The summed E-state index contributed by atoms with van der Waals surface area (Å²) in [6, 6.07) is -0.445. The highest BCUT2D eigenvalue weighted by Crippen LogP contribution is 2.36. The maximum Gasteiger partial charge on any atom is 0.308 e. The highest BCUT2D eigenvalue weighted by molar-refractivity contribution is 5.81. The Kier molecular flexibility index (Phi) is 5.73. The summed E-state index contributed by atoms with van der Waals surface area (Å²) in [4.78, 5) is 25.9. The zero-order valence-electron chi connectivity index (χ0n) is 14.8. The van der Waals surface area contributed by atoms with E-state index in [-0.39, 0.29) is 12.3 Å². The number of aromatic nitrogens is 2. The molecule has 7 nitrogen and oxygen atoms in total. The molecule has 2 heterocycles. The molecule has 0 radical (unpaired) electrons. The van der Waals surface area contributed by atoms with E-state index in [0.29, 0.717) is 25.7 Å². The van der Waals surface area contributed by atoms with E-state index in [0.717, 1.165) is 24.8 Å². The molecule has 2 atom stereocenters. The Bertz CT molecular complexity index is 609. The molecule has 1 aromatic heterocycles. The number of piperidine rings is 1. The number of carbonyl (C=O) groups excluding carboxylic acids is 1. The van der Waals surface area contributed by atoms with E-state index in [2.05, 4.69) is 5.10 Å². The van der Waals surface area contributed by atoms with Crippen LogP contribution in [0.1, 0.15) is 56.6 Å². The molecule has 1 N–H and O–H groups in total. The first-order valence-electron chi connectivity index (χ1n) is 9.18. The first-order chi connectivity index (χ1) is 12.1. The van der Waals surface area contributed by atoms with E-state index < -0.39 is 17.9 Å². The van der Waals surface area contributed by atoms with Crippen LogP contribution in [0.3, 0.4) is 0 Å². The lowest BCUT2D eigenvalue weighted by Gasteiger charge is -2.39. The van der Waals surface area contributed by atoms with Gasteiger partial charge in [-0.1, -0.05) is 12.8 Å². The number of carbonyl (C=O) groups is 2. The number of aryl methyl sites for hydroxylation is 1. The third-order valence-corrected chi connectivity index (χ3v) is 5.29. The third-order valence-electron chi connectivity index (χ3n) is 5.29. The van der Waals surface area contributed by atoms with Crippen molar-refractivity contribution in [3.63, 3.8) is 0 Å². The molecule has 1 amide bonds. The monoisotopic (exact) mass is 349 g/mol. The summed E-state index contributed by atoms with van der Waals surface area (Å²) in [5.41, 5.74) is 0.791. The van der Waals surface area contributed by atoms with E-state index in [1.54, 1.807) is 29.0 Å². The number of hydrogen-bond donors (Lipinski definition) is 1. The zero-order chi connectivity index (χ0) is 17.8. The molecule has 0 bridgehead atoms. The molecule has 25 heavy (non-hydrogen) atoms. The van der Waals surface area contributed by atoms with E-state index >= 15 is 0 Å². The number of carboxylic acids is 1. The Morgan fingerprint density at radius 3 is 2.76 bits per heavy atom. The molecule has 1 saturated heterocycles. The average molecular weight is 349 g/mol. The summed E-state index contributed by atoms with van der Waals surface area (Å²) >= 11 is 0. The topological polar surface area (TPSA) is 84.7 Å². The Hall–Kier alpha value is -1.89. The minimum atomic E-state index is -0.853. The van der Waals surface area contributed by atoms with Gasteiger partial charge in [0.15, 0.2) is 0 Å². The van der Waals surface area contributed by atoms with Crippen LogP contribution in [0.15, 0.2) is 12.4 Å². The van der Waals surface area contributed by atoms with Gasteiger partial charge in [0.2, 0.25) is 5.91 Å². The second kappa shape index (κ2) is 7.99. The van der Waals surface area contributed by atoms with Gasteiger partial charge >= 0.3 is 5.97 Å². The number of likely N-dealkylation sites (tertiary alicyclic amines) is 1. The predicted octanol–water partition coefficient (Wildman–Crippen LogP) is 2.13. The molecule has 2 aliphatic rings. The summed E-state index contributed by atoms with van der Waals surface area (Å²) in [5.74, 6) is -1.42. The molecule has 2 unspecified atom stereocenters. The molecule has 3 rings (SSSR count). The molecule has 2 fully saturated rings. The van der Waals surface area contributed by atoms with Crippen molar-refractivity contribution in [1.29, 1.82) is 0 Å². The quantitative estimate of drug-likeness (QED) is 0.762. The normalized spacial score (nSPS) is 24.8. The molecule has 0 aromatic carbocycles. The largest absolute Gasteiger partial charge is 0.481 e. The van der Waals surface area contributed by atoms with Gasteiger partial charge in [0.25, 0.3) is 0 Å². The van der Waals surface area contributed by atoms with Crippen molar-refractivity contribution in [3.8, 4) is 0 Å². The standard InChI is InChI=1S/C18H27N3O4/c1-20-12-13(11-19-20)17-15(18(23)24)7-8-16(22)21(17)9-4-10-25-14-5-2-3-6-14/h11-12,14-15,17H,2-10H2,1H3,(H,23,24). The van der Waals surface area contributed by atoms with Gasteiger partial charge in [0, 0.05) is 38.4 Å². The van der Waals surface area contributed by atoms with E-state index in [4.69, 9.17) is 4.74 Å². The fraction of sp³-hybridized carbons (Fsp3) is 0.722. The summed E-state index contributed by atoms with van der Waals surface area (Å²) in [7, 11) is 1.80. The lowest BCUT2D eigenvalue weighted by atomic mass is 9.85. The van der Waals surface area contributed by atoms with Crippen LogP contribution in [0, 0.1) is 5.92 Å². The number of ether oxygens (including phenoxy) is 1. The summed E-state index contributed by atoms with van der Waals surface area (Å²) in [5, 5.41) is 13.8. The average Bonchev–Trinajstić information content (AvgIpc) is 3.23. The number of amides is 1. The highest BCUT2D eigenvalue weighted by atomic mass is 16.5. The summed E-state index contributed by atoms with van der Waals surface area (Å²) in [6.07, 6.45) is 9.95. The van der Waals surface area contributed by atoms with Crippen LogP contribution in [0.5, 0.6) is 0 Å². The van der Waals surface area contributed by atoms with E-state index in [9.17, 15) is 14.7 Å². The molecule has 0 spiro atoms. The van der Waals surface area contributed by atoms with Gasteiger partial charge in [-0.15, -0.1) is 0 Å². The van der Waals surface area contributed by atoms with Gasteiger partial charge < -0.3 is 14.7 Å². The Morgan fingerprint density at radius 2 is 2.12 bits per heavy atom. The van der Waals surface area contributed by atoms with Crippen molar-refractivity contribution in [2.45, 2.75) is 57.1 Å². The highest BCUT2D eigenvalue weighted by Gasteiger charge is 2.41. The third kappa shape index (κ3) is 4.21. The Morgan fingerprint density at radius 1 is 1.36 bits per heavy atom. The number of carboxylic acid groups (broad SMARTS) is 1. The van der Waals surface area contributed by atoms with Crippen LogP contribution in [0.4, 0.5) is 0 Å². The molecular formula is C18H27N3O4. The van der Waals surface area contributed by atoms with E-state index in [1.165, 1.54) is 12.8 Å². The first-order valence-corrected chi connectivity index (χ1v) is 9.18. The maximum atomic E-state index is 12.5. The Balaban J connectivity index is 1.66. The smallest absolute Gasteiger partial charge is 0.308 e. The van der Waals surface area contributed by atoms with Crippen molar-refractivity contribution in [1.82, 2.24) is 14.7 Å². The number of hydrogen-bond acceptors (Lipinski definition) is 4. The summed E-state index contributed by atoms with van der Waals surface area (Å²) < 4.78 is 7.53. The minimum Gasteiger partial charge on any atom is -0.481 e. The molecule has 7 heteroatoms. The predicted molar refractivity (Wildman–Crippen MR) is 90.8 cm³/mol. The molecule has 1 saturated carbocycles. The lowest BCUT2D eigenvalue weighted by Crippen LogP contribution is -2.45. The van der Waals surface area contributed by atoms with Crippen molar-refractivity contribution in [2.75, 3.05) is 13.2 Å². The maximum absolute atomic E-state index is 12.5. The SMILES string of the molecule is Cn1cc(C2C(C(=O)O)CCC(=O)N2CCCOC2CCCC2)cn1. The fourth-order valence-electron chi connectivity index (χ4n) is 4.02. The van der Waals surface area contributed by atoms with Crippen LogP contribution < -0.4 is 0 Å². The molecule has 1 aliphatic heterocycles. The van der Waals surface area contributed by atoms with Crippen molar-refractivity contribution in [3.05, 3.63) is 18.0 Å². The molecule has 1 aromatic rings. The van der Waals surface area contributed by atoms with Crippen LogP contribution in [-0.2, 0) is 21.4 Å². The van der Waals surface area contributed by atoms with Gasteiger partial charge in [0.05, 0.1) is 24.3 Å².